The molecule has 0 N–H and O–H groups in total. The zero-order valence-electron chi connectivity index (χ0n) is 14.0. The van der Waals surface area contributed by atoms with E-state index in [2.05, 4.69) is 4.98 Å². The molecule has 1 heterocycles. The maximum Gasteiger partial charge on any atom is 0.416 e. The van der Waals surface area contributed by atoms with Crippen molar-refractivity contribution in [2.24, 2.45) is 0 Å². The molecule has 2 nitrogen and oxygen atoms in total. The van der Waals surface area contributed by atoms with Crippen molar-refractivity contribution >= 4 is 6.29 Å². The summed E-state index contributed by atoms with van der Waals surface area (Å²) in [5.41, 5.74) is -0.154. The zero-order valence-corrected chi connectivity index (χ0v) is 14.0. The van der Waals surface area contributed by atoms with Gasteiger partial charge in [0.05, 0.1) is 16.8 Å². The van der Waals surface area contributed by atoms with Crippen LogP contribution in [0, 0.1) is 0 Å². The SMILES string of the molecule is O=Cc1cc(-c2ccc(C(F)(F)F)cc2)ncc1-c1ccc(C(F)(F)F)cc1. The molecule has 2 aromatic carbocycles. The molecular weight excluding hydrogens is 384 g/mol. The van der Waals surface area contributed by atoms with E-state index in [4.69, 9.17) is 0 Å². The number of aromatic nitrogens is 1. The molecule has 3 aromatic rings. The summed E-state index contributed by atoms with van der Waals surface area (Å²) < 4.78 is 76.0. The maximum atomic E-state index is 12.7. The second-order valence-electron chi connectivity index (χ2n) is 5.92. The Hall–Kier alpha value is -3.16. The molecule has 1 aromatic heterocycles. The number of rotatable bonds is 3. The van der Waals surface area contributed by atoms with E-state index in [1.165, 1.54) is 36.5 Å². The summed E-state index contributed by atoms with van der Waals surface area (Å²) in [5, 5.41) is 0. The highest BCUT2D eigenvalue weighted by Crippen LogP contribution is 2.33. The number of hydrogen-bond acceptors (Lipinski definition) is 2. The van der Waals surface area contributed by atoms with Crippen LogP contribution in [-0.2, 0) is 12.4 Å². The molecule has 144 valence electrons. The minimum Gasteiger partial charge on any atom is -0.298 e. The van der Waals surface area contributed by atoms with Crippen LogP contribution in [0.4, 0.5) is 26.3 Å². The van der Waals surface area contributed by atoms with Gasteiger partial charge >= 0.3 is 12.4 Å². The van der Waals surface area contributed by atoms with Crippen LogP contribution in [0.1, 0.15) is 21.5 Å². The fourth-order valence-corrected chi connectivity index (χ4v) is 2.64. The van der Waals surface area contributed by atoms with E-state index < -0.39 is 23.5 Å². The highest BCUT2D eigenvalue weighted by molar-refractivity contribution is 5.89. The third kappa shape index (κ3) is 4.05. The third-order valence-electron chi connectivity index (χ3n) is 4.09. The predicted molar refractivity (Wildman–Crippen MR) is 90.5 cm³/mol. The number of pyridine rings is 1. The van der Waals surface area contributed by atoms with Gasteiger partial charge < -0.3 is 0 Å². The molecule has 0 unspecified atom stereocenters. The fraction of sp³-hybridized carbons (Fsp3) is 0.100. The van der Waals surface area contributed by atoms with Crippen LogP contribution in [0.3, 0.4) is 0 Å². The third-order valence-corrected chi connectivity index (χ3v) is 4.09. The first kappa shape index (κ1) is 19.6. The van der Waals surface area contributed by atoms with E-state index in [-0.39, 0.29) is 11.3 Å². The summed E-state index contributed by atoms with van der Waals surface area (Å²) in [6.07, 6.45) is -7.12. The van der Waals surface area contributed by atoms with Gasteiger partial charge in [0, 0.05) is 22.9 Å². The van der Waals surface area contributed by atoms with Crippen molar-refractivity contribution in [1.82, 2.24) is 4.98 Å². The Kier molecular flexibility index (Phi) is 4.97. The number of benzene rings is 2. The molecule has 0 saturated heterocycles. The van der Waals surface area contributed by atoms with E-state index >= 15 is 0 Å². The Morgan fingerprint density at radius 3 is 1.61 bits per heavy atom. The lowest BCUT2D eigenvalue weighted by Crippen LogP contribution is -2.04. The quantitative estimate of drug-likeness (QED) is 0.387. The summed E-state index contributed by atoms with van der Waals surface area (Å²) in [4.78, 5) is 15.6. The largest absolute Gasteiger partial charge is 0.416 e. The van der Waals surface area contributed by atoms with E-state index in [9.17, 15) is 31.1 Å². The van der Waals surface area contributed by atoms with Crippen molar-refractivity contribution in [1.29, 1.82) is 0 Å². The minimum absolute atomic E-state index is 0.157. The van der Waals surface area contributed by atoms with Crippen LogP contribution < -0.4 is 0 Å². The van der Waals surface area contributed by atoms with Crippen molar-refractivity contribution < 1.29 is 31.1 Å². The summed E-state index contributed by atoms with van der Waals surface area (Å²) in [6, 6.07) is 9.90. The number of carbonyl (C=O) groups is 1. The van der Waals surface area contributed by atoms with E-state index in [0.717, 1.165) is 24.3 Å². The Morgan fingerprint density at radius 2 is 1.18 bits per heavy atom. The summed E-state index contributed by atoms with van der Waals surface area (Å²) in [5.74, 6) is 0. The summed E-state index contributed by atoms with van der Waals surface area (Å²) >= 11 is 0. The van der Waals surface area contributed by atoms with E-state index in [1.54, 1.807) is 0 Å². The van der Waals surface area contributed by atoms with Gasteiger partial charge in [-0.3, -0.25) is 9.78 Å². The molecule has 0 radical (unpaired) electrons. The molecule has 0 spiro atoms. The Bertz CT molecular complexity index is 989. The van der Waals surface area contributed by atoms with Gasteiger partial charge in [-0.05, 0) is 35.9 Å². The number of nitrogens with zero attached hydrogens (tertiary/aromatic N) is 1. The van der Waals surface area contributed by atoms with Gasteiger partial charge in [0.25, 0.3) is 0 Å². The van der Waals surface area contributed by atoms with Gasteiger partial charge in [-0.1, -0.05) is 24.3 Å². The predicted octanol–water partition coefficient (Wildman–Crippen LogP) is 6.27. The topological polar surface area (TPSA) is 30.0 Å². The van der Waals surface area contributed by atoms with Crippen LogP contribution in [-0.4, -0.2) is 11.3 Å². The summed E-state index contributed by atoms with van der Waals surface area (Å²) in [6.45, 7) is 0. The molecular formula is C20H11F6NO. The van der Waals surface area contributed by atoms with Crippen LogP contribution in [0.25, 0.3) is 22.4 Å². The van der Waals surface area contributed by atoms with Gasteiger partial charge in [-0.25, -0.2) is 0 Å². The second-order valence-corrected chi connectivity index (χ2v) is 5.92. The lowest BCUT2D eigenvalue weighted by atomic mass is 9.99. The molecule has 0 aliphatic carbocycles. The van der Waals surface area contributed by atoms with Crippen molar-refractivity contribution in [2.75, 3.05) is 0 Å². The van der Waals surface area contributed by atoms with Crippen molar-refractivity contribution in [2.45, 2.75) is 12.4 Å². The Balaban J connectivity index is 1.96. The molecule has 0 saturated carbocycles. The molecule has 3 rings (SSSR count). The average Bonchev–Trinajstić information content (AvgIpc) is 2.66. The fourth-order valence-electron chi connectivity index (χ4n) is 2.64. The standard InChI is InChI=1S/C20H11F6NO/c21-19(22,23)15-5-1-12(2-6-15)17-10-27-18(9-14(17)11-28)13-3-7-16(8-4-13)20(24,25)26/h1-11H. The number of alkyl halides is 6. The van der Waals surface area contributed by atoms with Crippen molar-refractivity contribution in [3.8, 4) is 22.4 Å². The number of carbonyl (C=O) groups excluding carboxylic acids is 1. The molecule has 0 bridgehead atoms. The highest BCUT2D eigenvalue weighted by Gasteiger charge is 2.31. The first-order valence-corrected chi connectivity index (χ1v) is 7.90. The Morgan fingerprint density at radius 1 is 0.714 bits per heavy atom. The van der Waals surface area contributed by atoms with Crippen LogP contribution in [0.15, 0.2) is 60.8 Å². The molecule has 0 amide bonds. The zero-order chi connectivity index (χ0) is 20.5. The van der Waals surface area contributed by atoms with Gasteiger partial charge in [0.1, 0.15) is 0 Å². The lowest BCUT2D eigenvalue weighted by Gasteiger charge is -2.11. The average molecular weight is 395 g/mol. The number of halogens is 6. The first-order valence-electron chi connectivity index (χ1n) is 7.90. The van der Waals surface area contributed by atoms with Crippen LogP contribution >= 0.6 is 0 Å². The van der Waals surface area contributed by atoms with Gasteiger partial charge in [-0.2, -0.15) is 26.3 Å². The second kappa shape index (κ2) is 7.10. The molecule has 28 heavy (non-hydrogen) atoms. The van der Waals surface area contributed by atoms with Gasteiger partial charge in [-0.15, -0.1) is 0 Å². The smallest absolute Gasteiger partial charge is 0.298 e. The van der Waals surface area contributed by atoms with E-state index in [0.29, 0.717) is 23.0 Å². The number of aldehydes is 1. The van der Waals surface area contributed by atoms with Gasteiger partial charge in [0.2, 0.25) is 0 Å². The normalized spacial score (nSPS) is 12.1. The highest BCUT2D eigenvalue weighted by atomic mass is 19.4. The molecule has 0 aliphatic heterocycles. The monoisotopic (exact) mass is 395 g/mol. The number of hydrogen-bond donors (Lipinski definition) is 0. The van der Waals surface area contributed by atoms with Crippen molar-refractivity contribution in [3.63, 3.8) is 0 Å². The lowest BCUT2D eigenvalue weighted by molar-refractivity contribution is -0.138. The molecule has 0 fully saturated rings. The van der Waals surface area contributed by atoms with Crippen molar-refractivity contribution in [3.05, 3.63) is 77.5 Å². The van der Waals surface area contributed by atoms with Crippen LogP contribution in [0.5, 0.6) is 0 Å². The molecule has 8 heteroatoms. The molecule has 0 aliphatic rings. The van der Waals surface area contributed by atoms with E-state index in [1.807, 2.05) is 0 Å². The Labute approximate surface area is 155 Å². The summed E-state index contributed by atoms with van der Waals surface area (Å²) in [7, 11) is 0. The minimum atomic E-state index is -4.48. The van der Waals surface area contributed by atoms with Gasteiger partial charge in [0.15, 0.2) is 6.29 Å². The maximum absolute atomic E-state index is 12.7. The van der Waals surface area contributed by atoms with Crippen LogP contribution in [0.2, 0.25) is 0 Å². The molecule has 0 atom stereocenters. The first-order chi connectivity index (χ1) is 13.1.